The molecule has 26 heavy (non-hydrogen) atoms. The van der Waals surface area contributed by atoms with Gasteiger partial charge in [0.05, 0.1) is 11.3 Å². The number of carboxylic acids is 1. The molecule has 0 aromatic heterocycles. The SMILES string of the molecule is C.Nc1ccc(C(=O)O)cc1.O=S=Nc1ccc(C(=O)Cl)cc1.O=S=O. The lowest BCUT2D eigenvalue weighted by Crippen LogP contribution is -1.95. The Morgan fingerprint density at radius 3 is 1.69 bits per heavy atom. The van der Waals surface area contributed by atoms with Gasteiger partial charge in [0.25, 0.3) is 5.24 Å². The molecule has 140 valence electrons. The first-order valence-corrected chi connectivity index (χ1v) is 7.90. The van der Waals surface area contributed by atoms with Crippen LogP contribution < -0.4 is 5.73 Å². The minimum Gasteiger partial charge on any atom is -0.478 e. The smallest absolute Gasteiger partial charge is 0.335 e. The molecule has 0 spiro atoms. The van der Waals surface area contributed by atoms with E-state index in [0.29, 0.717) is 16.9 Å². The second-order valence-corrected chi connectivity index (χ2v) is 4.79. The van der Waals surface area contributed by atoms with Gasteiger partial charge in [-0.2, -0.15) is 17.0 Å². The molecule has 0 atom stereocenters. The highest BCUT2D eigenvalue weighted by molar-refractivity contribution is 7.54. The number of benzene rings is 2. The lowest BCUT2D eigenvalue weighted by atomic mass is 10.2. The summed E-state index contributed by atoms with van der Waals surface area (Å²) in [7, 11) is 0. The van der Waals surface area contributed by atoms with Gasteiger partial charge in [-0.15, -0.1) is 0 Å². The van der Waals surface area contributed by atoms with Crippen molar-refractivity contribution in [1.29, 1.82) is 0 Å². The van der Waals surface area contributed by atoms with Crippen LogP contribution >= 0.6 is 11.6 Å². The van der Waals surface area contributed by atoms with Gasteiger partial charge in [-0.25, -0.2) is 4.79 Å². The first kappa shape index (κ1) is 25.5. The van der Waals surface area contributed by atoms with Crippen LogP contribution in [0.25, 0.3) is 0 Å². The first-order valence-electron chi connectivity index (χ1n) is 6.16. The van der Waals surface area contributed by atoms with Crippen LogP contribution in [0.5, 0.6) is 0 Å². The molecule has 0 aliphatic heterocycles. The lowest BCUT2D eigenvalue weighted by molar-refractivity contribution is 0.0696. The number of carbonyl (C=O) groups excluding carboxylic acids is 1. The van der Waals surface area contributed by atoms with Crippen LogP contribution in [0.3, 0.4) is 0 Å². The van der Waals surface area contributed by atoms with E-state index in [0.717, 1.165) is 0 Å². The molecule has 0 fully saturated rings. The van der Waals surface area contributed by atoms with Crippen molar-refractivity contribution >= 4 is 57.2 Å². The summed E-state index contributed by atoms with van der Waals surface area (Å²) in [5.41, 5.74) is 7.09. The molecule has 0 radical (unpaired) electrons. The molecular formula is C15H15ClN2O6S2. The Morgan fingerprint density at radius 2 is 1.35 bits per heavy atom. The van der Waals surface area contributed by atoms with Crippen LogP contribution in [0.2, 0.25) is 0 Å². The standard InChI is InChI=1S/C7H4ClNO2S.C7H7NO2.CH4.O2S/c8-7(10)5-1-3-6(4-2-5)9-12-11;8-6-3-1-5(2-4-6)7(9)10;;1-3-2/h1-4H;1-4H,8H2,(H,9,10);1H4;. The predicted octanol–water partition coefficient (Wildman–Crippen LogP) is 3.03. The summed E-state index contributed by atoms with van der Waals surface area (Å²) in [4.78, 5) is 20.9. The van der Waals surface area contributed by atoms with Gasteiger partial charge in [0.15, 0.2) is 0 Å². The van der Waals surface area contributed by atoms with Crippen LogP contribution in [0.4, 0.5) is 11.4 Å². The van der Waals surface area contributed by atoms with Crippen molar-refractivity contribution in [2.24, 2.45) is 4.36 Å². The summed E-state index contributed by atoms with van der Waals surface area (Å²) >= 11 is 4.57. The Bertz CT molecular complexity index is 779. The Morgan fingerprint density at radius 1 is 0.923 bits per heavy atom. The van der Waals surface area contributed by atoms with Crippen LogP contribution in [0.15, 0.2) is 52.9 Å². The molecule has 2 rings (SSSR count). The van der Waals surface area contributed by atoms with Gasteiger partial charge in [0.2, 0.25) is 11.5 Å². The molecule has 0 amide bonds. The van der Waals surface area contributed by atoms with Crippen molar-refractivity contribution in [3.8, 4) is 0 Å². The van der Waals surface area contributed by atoms with Crippen molar-refractivity contribution in [2.75, 3.05) is 5.73 Å². The van der Waals surface area contributed by atoms with Crippen molar-refractivity contribution < 1.29 is 27.3 Å². The molecule has 0 saturated heterocycles. The number of carboxylic acid groups (broad SMARTS) is 1. The number of nitrogens with two attached hydrogens (primary N) is 1. The molecule has 3 N–H and O–H groups in total. The van der Waals surface area contributed by atoms with Gasteiger partial charge in [-0.1, -0.05) is 7.43 Å². The number of hydrogen-bond acceptors (Lipinski definition) is 7. The highest BCUT2D eigenvalue weighted by Gasteiger charge is 1.99. The van der Waals surface area contributed by atoms with E-state index in [9.17, 15) is 13.8 Å². The maximum Gasteiger partial charge on any atom is 0.335 e. The monoisotopic (exact) mass is 418 g/mol. The number of halogens is 1. The molecule has 0 unspecified atom stereocenters. The average molecular weight is 419 g/mol. The Labute approximate surface area is 161 Å². The van der Waals surface area contributed by atoms with Crippen LogP contribution in [0, 0.1) is 0 Å². The molecule has 2 aromatic rings. The maximum atomic E-state index is 10.6. The van der Waals surface area contributed by atoms with Crippen LogP contribution in [-0.2, 0) is 23.0 Å². The minimum atomic E-state index is -0.931. The van der Waals surface area contributed by atoms with Crippen molar-refractivity contribution in [3.63, 3.8) is 0 Å². The van der Waals surface area contributed by atoms with Crippen molar-refractivity contribution in [3.05, 3.63) is 59.7 Å². The van der Waals surface area contributed by atoms with Crippen LogP contribution in [-0.4, -0.2) is 28.9 Å². The summed E-state index contributed by atoms with van der Waals surface area (Å²) < 4.78 is 30.1. The lowest BCUT2D eigenvalue weighted by Gasteiger charge is -1.93. The van der Waals surface area contributed by atoms with E-state index in [1.165, 1.54) is 24.3 Å². The normalized spacial score (nSPS) is 8.19. The number of rotatable bonds is 3. The van der Waals surface area contributed by atoms with Gasteiger partial charge in [-0.3, -0.25) is 4.79 Å². The molecule has 8 nitrogen and oxygen atoms in total. The van der Waals surface area contributed by atoms with E-state index in [4.69, 9.17) is 30.9 Å². The topological polar surface area (TPSA) is 144 Å². The summed E-state index contributed by atoms with van der Waals surface area (Å²) in [6.45, 7) is 0. The number of aromatic carboxylic acids is 1. The highest BCUT2D eigenvalue weighted by Crippen LogP contribution is 2.13. The fourth-order valence-electron chi connectivity index (χ4n) is 1.32. The predicted molar refractivity (Wildman–Crippen MR) is 100 cm³/mol. The maximum absolute atomic E-state index is 10.6. The van der Waals surface area contributed by atoms with Gasteiger partial charge < -0.3 is 10.8 Å². The van der Waals surface area contributed by atoms with E-state index in [1.807, 2.05) is 0 Å². The van der Waals surface area contributed by atoms with E-state index in [1.54, 1.807) is 24.3 Å². The molecular weight excluding hydrogens is 404 g/mol. The second kappa shape index (κ2) is 14.6. The van der Waals surface area contributed by atoms with E-state index < -0.39 is 22.8 Å². The van der Waals surface area contributed by atoms with Gasteiger partial charge in [0, 0.05) is 11.3 Å². The quantitative estimate of drug-likeness (QED) is 0.575. The third-order valence-electron chi connectivity index (χ3n) is 2.39. The molecule has 0 heterocycles. The summed E-state index contributed by atoms with van der Waals surface area (Å²) in [5, 5.41) is 7.92. The van der Waals surface area contributed by atoms with Gasteiger partial charge >= 0.3 is 17.5 Å². The zero-order chi connectivity index (χ0) is 19.2. The summed E-state index contributed by atoms with van der Waals surface area (Å²) in [6, 6.07) is 12.2. The van der Waals surface area contributed by atoms with Gasteiger partial charge in [-0.05, 0) is 60.1 Å². The Balaban J connectivity index is 0. The molecule has 0 bridgehead atoms. The zero-order valence-electron chi connectivity index (χ0n) is 12.3. The molecule has 0 aliphatic carbocycles. The fraction of sp³-hybridized carbons (Fsp3) is 0.0667. The molecule has 11 heteroatoms. The van der Waals surface area contributed by atoms with E-state index in [2.05, 4.69) is 4.36 Å². The summed E-state index contributed by atoms with van der Waals surface area (Å²) in [6.07, 6.45) is 0. The van der Waals surface area contributed by atoms with Crippen molar-refractivity contribution in [2.45, 2.75) is 7.43 Å². The largest absolute Gasteiger partial charge is 0.478 e. The van der Waals surface area contributed by atoms with E-state index >= 15 is 0 Å². The minimum absolute atomic E-state index is 0. The fourth-order valence-corrected chi connectivity index (χ4v) is 1.66. The van der Waals surface area contributed by atoms with Crippen molar-refractivity contribution in [1.82, 2.24) is 0 Å². The van der Waals surface area contributed by atoms with E-state index in [-0.39, 0.29) is 24.5 Å². The number of carbonyl (C=O) groups is 2. The average Bonchev–Trinajstić information content (AvgIpc) is 2.57. The highest BCUT2D eigenvalue weighted by atomic mass is 35.5. The second-order valence-electron chi connectivity index (χ2n) is 3.98. The van der Waals surface area contributed by atoms with Gasteiger partial charge in [0.1, 0.15) is 0 Å². The molecule has 0 saturated carbocycles. The third-order valence-corrected chi connectivity index (χ3v) is 2.90. The Kier molecular flexibility index (Phi) is 14.4. The number of anilines is 1. The molecule has 2 aromatic carbocycles. The molecule has 0 aliphatic rings. The Hall–Kier alpha value is -2.69. The number of nitrogens with zero attached hydrogens (tertiary/aromatic N) is 1. The zero-order valence-corrected chi connectivity index (χ0v) is 14.7. The van der Waals surface area contributed by atoms with Crippen LogP contribution in [0.1, 0.15) is 28.1 Å². The number of hydrogen-bond donors (Lipinski definition) is 2. The number of nitrogen functional groups attached to an aromatic ring is 1. The first-order chi connectivity index (χ1) is 11.8. The summed E-state index contributed by atoms with van der Waals surface area (Å²) in [5.74, 6) is -0.931. The third kappa shape index (κ3) is 11.0.